The van der Waals surface area contributed by atoms with E-state index >= 15 is 0 Å². The number of halogens is 2. The molecule has 0 amide bonds. The van der Waals surface area contributed by atoms with Gasteiger partial charge in [0, 0.05) is 0 Å². The summed E-state index contributed by atoms with van der Waals surface area (Å²) in [5.41, 5.74) is 3.88. The summed E-state index contributed by atoms with van der Waals surface area (Å²) in [5, 5.41) is 0. The van der Waals surface area contributed by atoms with Crippen LogP contribution in [0.1, 0.15) is 87.0 Å². The van der Waals surface area contributed by atoms with Crippen LogP contribution in [0.15, 0.2) is 72.8 Å². The van der Waals surface area contributed by atoms with Crippen molar-refractivity contribution in [1.29, 1.82) is 0 Å². The Morgan fingerprint density at radius 2 is 1.38 bits per heavy atom. The second-order valence-electron chi connectivity index (χ2n) is 9.63. The molecule has 0 N–H and O–H groups in total. The van der Waals surface area contributed by atoms with E-state index in [0.29, 0.717) is 11.5 Å². The van der Waals surface area contributed by atoms with Gasteiger partial charge in [0.1, 0.15) is 0 Å². The average Bonchev–Trinajstić information content (AvgIpc) is 2.85. The highest BCUT2D eigenvalue weighted by Gasteiger charge is 2.30. The van der Waals surface area contributed by atoms with E-state index in [4.69, 9.17) is 4.74 Å². The smallest absolute Gasteiger partial charge is 0.315 e. The monoisotopic (exact) mass is 466 g/mol. The number of ether oxygens (including phenoxy) is 1. The molecule has 0 radical (unpaired) electrons. The molecule has 2 aromatic rings. The highest BCUT2D eigenvalue weighted by atomic mass is 19.3. The third-order valence-corrected chi connectivity index (χ3v) is 6.99. The van der Waals surface area contributed by atoms with Crippen LogP contribution in [-0.2, 0) is 24.2 Å². The third kappa shape index (κ3) is 8.83. The average molecular weight is 467 g/mol. The molecule has 1 aliphatic rings. The topological polar surface area (TPSA) is 9.23 Å². The highest BCUT2D eigenvalue weighted by molar-refractivity contribution is 5.26. The summed E-state index contributed by atoms with van der Waals surface area (Å²) in [7, 11) is 0. The summed E-state index contributed by atoms with van der Waals surface area (Å²) in [4.78, 5) is 0. The Balaban J connectivity index is 1.43. The maximum Gasteiger partial charge on any atom is 0.360 e. The van der Waals surface area contributed by atoms with Gasteiger partial charge in [0.25, 0.3) is 0 Å². The maximum atomic E-state index is 14.4. The fourth-order valence-corrected chi connectivity index (χ4v) is 4.89. The first-order chi connectivity index (χ1) is 16.5. The molecule has 0 unspecified atom stereocenters. The number of alkyl halides is 2. The van der Waals surface area contributed by atoms with E-state index in [1.807, 2.05) is 37.3 Å². The molecule has 3 rings (SSSR count). The van der Waals surface area contributed by atoms with E-state index < -0.39 is 12.5 Å². The van der Waals surface area contributed by atoms with Gasteiger partial charge < -0.3 is 4.74 Å². The van der Waals surface area contributed by atoms with Gasteiger partial charge in [-0.05, 0) is 99.3 Å². The van der Waals surface area contributed by atoms with Crippen LogP contribution < -0.4 is 0 Å². The predicted molar refractivity (Wildman–Crippen MR) is 138 cm³/mol. The first kappa shape index (κ1) is 26.3. The number of benzene rings is 2. The van der Waals surface area contributed by atoms with E-state index in [1.54, 1.807) is 12.1 Å². The van der Waals surface area contributed by atoms with E-state index in [-0.39, 0.29) is 6.61 Å². The molecule has 0 aromatic heterocycles. The molecule has 34 heavy (non-hydrogen) atoms. The first-order valence-electron chi connectivity index (χ1n) is 12.9. The molecular weight excluding hydrogens is 426 g/mol. The zero-order chi connectivity index (χ0) is 24.2. The molecule has 2 aromatic carbocycles. The Morgan fingerprint density at radius 3 is 2.03 bits per heavy atom. The normalized spacial score (nSPS) is 19.3. The lowest BCUT2D eigenvalue weighted by Gasteiger charge is -2.28. The summed E-state index contributed by atoms with van der Waals surface area (Å²) >= 11 is 0. The van der Waals surface area contributed by atoms with E-state index in [9.17, 15) is 8.78 Å². The van der Waals surface area contributed by atoms with Crippen molar-refractivity contribution < 1.29 is 13.5 Å². The van der Waals surface area contributed by atoms with Crippen molar-refractivity contribution in [3.63, 3.8) is 0 Å². The molecule has 0 heterocycles. The van der Waals surface area contributed by atoms with Crippen LogP contribution in [0.4, 0.5) is 8.78 Å². The molecule has 0 aliphatic heterocycles. The summed E-state index contributed by atoms with van der Waals surface area (Å²) in [6, 6.07) is 15.5. The summed E-state index contributed by atoms with van der Waals surface area (Å²) in [6.07, 6.45) is 14.3. The molecule has 1 aliphatic carbocycles. The quantitative estimate of drug-likeness (QED) is 0.283. The van der Waals surface area contributed by atoms with Crippen LogP contribution in [0.25, 0.3) is 0 Å². The minimum atomic E-state index is -3.18. The lowest BCUT2D eigenvalue weighted by atomic mass is 9.77. The van der Waals surface area contributed by atoms with Crippen LogP contribution >= 0.6 is 0 Å². The maximum absolute atomic E-state index is 14.4. The van der Waals surface area contributed by atoms with Crippen molar-refractivity contribution in [2.24, 2.45) is 5.92 Å². The van der Waals surface area contributed by atoms with Gasteiger partial charge in [-0.2, -0.15) is 8.78 Å². The summed E-state index contributed by atoms with van der Waals surface area (Å²) in [5.74, 6) is 1.44. The standard InChI is InChI=1S/C31H40F2O/c1-3-5-7-9-25-11-13-27(14-12-25)23-31(32,33)34-24-28-17-21-30(22-18-28)29-19-15-26(16-20-29)10-8-6-4-2/h3-6,11-14,17-18,21-22,26,29H,7-10,15-16,19-20,23-24H2,1-2H3. The van der Waals surface area contributed by atoms with E-state index in [1.165, 1.54) is 44.1 Å². The molecule has 0 bridgehead atoms. The Kier molecular flexibility index (Phi) is 10.5. The number of allylic oxidation sites excluding steroid dienone is 4. The van der Waals surface area contributed by atoms with E-state index in [2.05, 4.69) is 37.3 Å². The third-order valence-electron chi connectivity index (χ3n) is 6.99. The molecule has 0 spiro atoms. The van der Waals surface area contributed by atoms with Gasteiger partial charge in [-0.3, -0.25) is 0 Å². The van der Waals surface area contributed by atoms with Crippen molar-refractivity contribution >= 4 is 0 Å². The Bertz CT molecular complexity index is 888. The van der Waals surface area contributed by atoms with Crippen molar-refractivity contribution in [2.45, 2.75) is 90.3 Å². The molecule has 1 saturated carbocycles. The molecule has 1 fully saturated rings. The first-order valence-corrected chi connectivity index (χ1v) is 12.9. The van der Waals surface area contributed by atoms with Crippen molar-refractivity contribution in [2.75, 3.05) is 0 Å². The largest absolute Gasteiger partial charge is 0.360 e. The van der Waals surface area contributed by atoms with Crippen LogP contribution in [0.3, 0.4) is 0 Å². The molecule has 0 atom stereocenters. The Labute approximate surface area is 204 Å². The number of hydrogen-bond donors (Lipinski definition) is 0. The zero-order valence-electron chi connectivity index (χ0n) is 20.8. The lowest BCUT2D eigenvalue weighted by molar-refractivity contribution is -0.244. The lowest BCUT2D eigenvalue weighted by Crippen LogP contribution is -2.23. The SMILES string of the molecule is CC=CCCc1ccc(CC(F)(F)OCc2ccc(C3CCC(CCC=CC)CC3)cc2)cc1. The number of rotatable bonds is 12. The molecule has 184 valence electrons. The van der Waals surface area contributed by atoms with Crippen LogP contribution in [0.2, 0.25) is 0 Å². The van der Waals surface area contributed by atoms with Gasteiger partial charge in [-0.1, -0.05) is 72.8 Å². The Morgan fingerprint density at radius 1 is 0.794 bits per heavy atom. The molecular formula is C31H40F2O. The fourth-order valence-electron chi connectivity index (χ4n) is 4.89. The summed E-state index contributed by atoms with van der Waals surface area (Å²) < 4.78 is 33.9. The Hall–Kier alpha value is -2.26. The van der Waals surface area contributed by atoms with Crippen molar-refractivity contribution in [3.8, 4) is 0 Å². The second-order valence-corrected chi connectivity index (χ2v) is 9.63. The fraction of sp³-hybridized carbons (Fsp3) is 0.484. The van der Waals surface area contributed by atoms with Gasteiger partial charge in [0.2, 0.25) is 0 Å². The van der Waals surface area contributed by atoms with Gasteiger partial charge >= 0.3 is 6.11 Å². The van der Waals surface area contributed by atoms with Gasteiger partial charge in [0.15, 0.2) is 0 Å². The van der Waals surface area contributed by atoms with Crippen LogP contribution in [0.5, 0.6) is 0 Å². The molecule has 1 nitrogen and oxygen atoms in total. The molecule has 3 heteroatoms. The minimum absolute atomic E-state index is 0.0770. The van der Waals surface area contributed by atoms with Crippen molar-refractivity contribution in [3.05, 3.63) is 95.1 Å². The second kappa shape index (κ2) is 13.6. The predicted octanol–water partition coefficient (Wildman–Crippen LogP) is 9.18. The molecule has 0 saturated heterocycles. The van der Waals surface area contributed by atoms with Gasteiger partial charge in [0.05, 0.1) is 13.0 Å². The van der Waals surface area contributed by atoms with E-state index in [0.717, 1.165) is 29.9 Å². The number of hydrogen-bond acceptors (Lipinski definition) is 1. The summed E-state index contributed by atoms with van der Waals surface area (Å²) in [6.45, 7) is 4.00. The highest BCUT2D eigenvalue weighted by Crippen LogP contribution is 2.37. The minimum Gasteiger partial charge on any atom is -0.315 e. The zero-order valence-corrected chi connectivity index (χ0v) is 20.8. The van der Waals surface area contributed by atoms with Crippen LogP contribution in [-0.4, -0.2) is 6.11 Å². The van der Waals surface area contributed by atoms with Gasteiger partial charge in [-0.25, -0.2) is 0 Å². The van der Waals surface area contributed by atoms with Gasteiger partial charge in [-0.15, -0.1) is 0 Å². The number of aryl methyl sites for hydroxylation is 1. The van der Waals surface area contributed by atoms with Crippen molar-refractivity contribution in [1.82, 2.24) is 0 Å². The van der Waals surface area contributed by atoms with Crippen LogP contribution in [0, 0.1) is 5.92 Å².